The molecule has 3 aliphatic heterocycles. The van der Waals surface area contributed by atoms with Gasteiger partial charge in [0.1, 0.15) is 5.82 Å². The molecule has 0 bridgehead atoms. The van der Waals surface area contributed by atoms with E-state index in [-0.39, 0.29) is 11.0 Å². The van der Waals surface area contributed by atoms with Crippen molar-refractivity contribution in [2.24, 2.45) is 5.41 Å². The van der Waals surface area contributed by atoms with Crippen LogP contribution >= 0.6 is 0 Å². The Morgan fingerprint density at radius 2 is 1.88 bits per heavy atom. The van der Waals surface area contributed by atoms with Crippen molar-refractivity contribution in [1.29, 1.82) is 0 Å². The van der Waals surface area contributed by atoms with Gasteiger partial charge in [-0.3, -0.25) is 29.1 Å². The maximum Gasteiger partial charge on any atom is 0.258 e. The van der Waals surface area contributed by atoms with E-state index < -0.39 is 0 Å². The fraction of sp³-hybridized carbons (Fsp3) is 0.462. The fourth-order valence-corrected chi connectivity index (χ4v) is 5.77. The van der Waals surface area contributed by atoms with Gasteiger partial charge in [0.05, 0.1) is 17.0 Å². The summed E-state index contributed by atoms with van der Waals surface area (Å²) < 4.78 is 2.00. The van der Waals surface area contributed by atoms with Crippen molar-refractivity contribution >= 4 is 0 Å². The lowest BCUT2D eigenvalue weighted by Crippen LogP contribution is -2.41. The molecule has 3 aromatic heterocycles. The first-order valence-electron chi connectivity index (χ1n) is 12.0. The van der Waals surface area contributed by atoms with Gasteiger partial charge in [0, 0.05) is 64.2 Å². The van der Waals surface area contributed by atoms with Crippen molar-refractivity contribution in [2.75, 3.05) is 19.6 Å². The Labute approximate surface area is 194 Å². The van der Waals surface area contributed by atoms with Gasteiger partial charge in [-0.2, -0.15) is 0 Å². The van der Waals surface area contributed by atoms with Gasteiger partial charge in [-0.05, 0) is 55.1 Å². The van der Waals surface area contributed by atoms with E-state index in [1.807, 2.05) is 29.1 Å². The van der Waals surface area contributed by atoms with E-state index in [0.29, 0.717) is 6.54 Å². The Kier molecular flexibility index (Phi) is 5.31. The molecule has 7 nitrogen and oxygen atoms in total. The molecule has 1 spiro atoms. The largest absolute Gasteiger partial charge is 0.297 e. The van der Waals surface area contributed by atoms with Gasteiger partial charge in [-0.1, -0.05) is 12.1 Å². The molecule has 6 rings (SSSR count). The van der Waals surface area contributed by atoms with Gasteiger partial charge < -0.3 is 0 Å². The van der Waals surface area contributed by atoms with Gasteiger partial charge in [-0.25, -0.2) is 4.98 Å². The molecule has 33 heavy (non-hydrogen) atoms. The summed E-state index contributed by atoms with van der Waals surface area (Å²) in [6.45, 7) is 6.28. The molecule has 6 heterocycles. The predicted molar refractivity (Wildman–Crippen MR) is 125 cm³/mol. The molecule has 7 heteroatoms. The second-order valence-electron chi connectivity index (χ2n) is 9.94. The second kappa shape index (κ2) is 8.47. The minimum absolute atomic E-state index is 0.180. The summed E-state index contributed by atoms with van der Waals surface area (Å²) in [6.07, 6.45) is 9.59. The third kappa shape index (κ3) is 4.11. The zero-order valence-corrected chi connectivity index (χ0v) is 19.0. The maximum absolute atomic E-state index is 13.5. The Hall–Kier alpha value is -2.90. The standard InChI is InChI=1S/C26H30N6O/c33-25-22-18-31(16-20-4-3-9-27-15-20)11-6-23(22)29-24-14-26(19-32(24)25)7-12-30(13-8-26)17-21-5-1-2-10-28-21/h1-5,9-10,15H,6-8,11-14,16-19H2. The smallest absolute Gasteiger partial charge is 0.258 e. The highest BCUT2D eigenvalue weighted by atomic mass is 16.1. The summed E-state index contributed by atoms with van der Waals surface area (Å²) in [5, 5.41) is 0. The van der Waals surface area contributed by atoms with E-state index in [2.05, 4.69) is 38.0 Å². The van der Waals surface area contributed by atoms with Gasteiger partial charge >= 0.3 is 0 Å². The quantitative estimate of drug-likeness (QED) is 0.618. The van der Waals surface area contributed by atoms with E-state index in [0.717, 1.165) is 87.7 Å². The SMILES string of the molecule is O=c1c2c(nc3n1CC1(CCN(Cc4ccccn4)CC1)C3)CCN(Cc1cccnc1)C2. The van der Waals surface area contributed by atoms with E-state index >= 15 is 0 Å². The van der Waals surface area contributed by atoms with E-state index in [1.54, 1.807) is 6.20 Å². The summed E-state index contributed by atoms with van der Waals surface area (Å²) in [7, 11) is 0. The number of aromatic nitrogens is 4. The molecular formula is C26H30N6O. The van der Waals surface area contributed by atoms with Crippen molar-refractivity contribution in [1.82, 2.24) is 29.3 Å². The summed E-state index contributed by atoms with van der Waals surface area (Å²) in [6, 6.07) is 10.2. The van der Waals surface area contributed by atoms with Crippen LogP contribution in [0.3, 0.4) is 0 Å². The lowest BCUT2D eigenvalue weighted by molar-refractivity contribution is 0.0969. The van der Waals surface area contributed by atoms with Crippen molar-refractivity contribution in [2.45, 2.75) is 51.9 Å². The van der Waals surface area contributed by atoms with Crippen molar-refractivity contribution in [3.8, 4) is 0 Å². The molecule has 0 unspecified atom stereocenters. The molecule has 0 amide bonds. The van der Waals surface area contributed by atoms with Crippen LogP contribution in [0.2, 0.25) is 0 Å². The number of hydrogen-bond acceptors (Lipinski definition) is 6. The zero-order chi connectivity index (χ0) is 22.3. The minimum atomic E-state index is 0.180. The van der Waals surface area contributed by atoms with E-state index in [1.165, 1.54) is 5.56 Å². The van der Waals surface area contributed by atoms with Crippen LogP contribution in [0.25, 0.3) is 0 Å². The third-order valence-electron chi connectivity index (χ3n) is 7.66. The molecule has 0 N–H and O–H groups in total. The van der Waals surface area contributed by atoms with Crippen LogP contribution in [0.4, 0.5) is 0 Å². The Bertz CT molecular complexity index is 1180. The number of hydrogen-bond donors (Lipinski definition) is 0. The van der Waals surface area contributed by atoms with Crippen molar-refractivity contribution in [3.63, 3.8) is 0 Å². The highest BCUT2D eigenvalue weighted by molar-refractivity contribution is 5.24. The highest BCUT2D eigenvalue weighted by Gasteiger charge is 2.42. The number of likely N-dealkylation sites (tertiary alicyclic amines) is 1. The number of pyridine rings is 2. The van der Waals surface area contributed by atoms with Crippen LogP contribution in [-0.4, -0.2) is 49.0 Å². The normalized spacial score (nSPS) is 20.0. The van der Waals surface area contributed by atoms with Gasteiger partial charge in [-0.15, -0.1) is 0 Å². The Morgan fingerprint density at radius 3 is 2.67 bits per heavy atom. The second-order valence-corrected chi connectivity index (χ2v) is 9.94. The Balaban J connectivity index is 1.15. The van der Waals surface area contributed by atoms with E-state index in [9.17, 15) is 4.79 Å². The summed E-state index contributed by atoms with van der Waals surface area (Å²) in [5.41, 5.74) is 4.62. The minimum Gasteiger partial charge on any atom is -0.297 e. The average molecular weight is 443 g/mol. The van der Waals surface area contributed by atoms with Gasteiger partial charge in [0.25, 0.3) is 5.56 Å². The lowest BCUT2D eigenvalue weighted by Gasteiger charge is -2.38. The molecule has 3 aliphatic rings. The molecule has 0 radical (unpaired) electrons. The van der Waals surface area contributed by atoms with Crippen LogP contribution in [0, 0.1) is 5.41 Å². The molecule has 0 aliphatic carbocycles. The zero-order valence-electron chi connectivity index (χ0n) is 19.0. The number of nitrogens with zero attached hydrogens (tertiary/aromatic N) is 6. The predicted octanol–water partition coefficient (Wildman–Crippen LogP) is 2.43. The summed E-state index contributed by atoms with van der Waals surface area (Å²) in [4.78, 5) is 32.1. The summed E-state index contributed by atoms with van der Waals surface area (Å²) in [5.74, 6) is 1.01. The molecule has 0 aromatic carbocycles. The fourth-order valence-electron chi connectivity index (χ4n) is 5.77. The van der Waals surface area contributed by atoms with Crippen LogP contribution in [0.1, 0.15) is 41.2 Å². The highest BCUT2D eigenvalue weighted by Crippen LogP contribution is 2.41. The third-order valence-corrected chi connectivity index (χ3v) is 7.66. The molecule has 0 saturated carbocycles. The number of piperidine rings is 1. The lowest BCUT2D eigenvalue weighted by atomic mass is 9.77. The molecule has 0 atom stereocenters. The molecular weight excluding hydrogens is 412 g/mol. The first kappa shape index (κ1) is 20.7. The van der Waals surface area contributed by atoms with Crippen molar-refractivity contribution < 1.29 is 0 Å². The van der Waals surface area contributed by atoms with Gasteiger partial charge in [0.15, 0.2) is 0 Å². The molecule has 1 fully saturated rings. The van der Waals surface area contributed by atoms with Crippen LogP contribution in [-0.2, 0) is 39.0 Å². The van der Waals surface area contributed by atoms with Crippen molar-refractivity contribution in [3.05, 3.63) is 87.6 Å². The number of fused-ring (bicyclic) bond motifs is 2. The first-order chi connectivity index (χ1) is 16.2. The topological polar surface area (TPSA) is 67.2 Å². The average Bonchev–Trinajstić information content (AvgIpc) is 3.21. The van der Waals surface area contributed by atoms with Crippen LogP contribution in [0.5, 0.6) is 0 Å². The molecule has 170 valence electrons. The summed E-state index contributed by atoms with van der Waals surface area (Å²) >= 11 is 0. The first-order valence-corrected chi connectivity index (χ1v) is 12.0. The van der Waals surface area contributed by atoms with E-state index in [4.69, 9.17) is 4.98 Å². The Morgan fingerprint density at radius 1 is 0.970 bits per heavy atom. The monoisotopic (exact) mass is 442 g/mol. The number of rotatable bonds is 4. The van der Waals surface area contributed by atoms with Gasteiger partial charge in [0.2, 0.25) is 0 Å². The van der Waals surface area contributed by atoms with Crippen LogP contribution < -0.4 is 5.56 Å². The molecule has 3 aromatic rings. The molecule has 1 saturated heterocycles. The maximum atomic E-state index is 13.5. The van der Waals surface area contributed by atoms with Crippen LogP contribution in [0.15, 0.2) is 53.7 Å².